The molecule has 1 atom stereocenters. The summed E-state index contributed by atoms with van der Waals surface area (Å²) in [5.74, 6) is 1.27. The molecule has 0 amide bonds. The van der Waals surface area contributed by atoms with E-state index >= 15 is 0 Å². The van der Waals surface area contributed by atoms with E-state index in [1.165, 1.54) is 11.1 Å². The van der Waals surface area contributed by atoms with Crippen molar-refractivity contribution in [1.82, 2.24) is 25.1 Å². The molecule has 0 saturated heterocycles. The fourth-order valence-corrected chi connectivity index (χ4v) is 6.59. The number of fused-ring (bicyclic) bond motifs is 3. The SMILES string of the molecule is N[C@H]1c2ccccc2C[C@]12CC[C@H](c1cnc3c(N4CCCc5ncccc54)n[nH]c3n1)CC2. The number of benzene rings is 1. The lowest BCUT2D eigenvalue weighted by atomic mass is 9.66. The van der Waals surface area contributed by atoms with Gasteiger partial charge in [-0.25, -0.2) is 9.97 Å². The number of aromatic nitrogens is 5. The van der Waals surface area contributed by atoms with Gasteiger partial charge in [-0.05, 0) is 73.6 Å². The van der Waals surface area contributed by atoms with Crippen LogP contribution in [0.1, 0.15) is 66.6 Å². The number of nitrogens with zero attached hydrogens (tertiary/aromatic N) is 5. The van der Waals surface area contributed by atoms with Crippen LogP contribution in [0, 0.1) is 5.41 Å². The average Bonchev–Trinajstić information content (AvgIpc) is 3.43. The quantitative estimate of drug-likeness (QED) is 0.457. The molecule has 0 bridgehead atoms. The molecular weight excluding hydrogens is 422 g/mol. The molecule has 4 aromatic rings. The van der Waals surface area contributed by atoms with Crippen molar-refractivity contribution in [3.8, 4) is 0 Å². The van der Waals surface area contributed by atoms with Crippen LogP contribution in [0.5, 0.6) is 0 Å². The van der Waals surface area contributed by atoms with Crippen molar-refractivity contribution in [1.29, 1.82) is 0 Å². The summed E-state index contributed by atoms with van der Waals surface area (Å²) in [6, 6.07) is 13.0. The molecule has 7 nitrogen and oxygen atoms in total. The second-order valence-corrected chi connectivity index (χ2v) is 10.3. The number of pyridine rings is 1. The maximum atomic E-state index is 6.77. The first-order valence-electron chi connectivity index (χ1n) is 12.5. The van der Waals surface area contributed by atoms with Crippen molar-refractivity contribution in [3.05, 3.63) is 71.3 Å². The summed E-state index contributed by atoms with van der Waals surface area (Å²) in [4.78, 5) is 16.6. The van der Waals surface area contributed by atoms with Gasteiger partial charge in [0.05, 0.1) is 17.1 Å². The van der Waals surface area contributed by atoms with Gasteiger partial charge >= 0.3 is 0 Å². The number of nitrogens with one attached hydrogen (secondary N) is 1. The summed E-state index contributed by atoms with van der Waals surface area (Å²) >= 11 is 0. The number of anilines is 2. The van der Waals surface area contributed by atoms with Gasteiger partial charge in [-0.1, -0.05) is 24.3 Å². The van der Waals surface area contributed by atoms with Gasteiger partial charge in [0.1, 0.15) is 0 Å². The Kier molecular flexibility index (Phi) is 4.49. The molecule has 1 aliphatic heterocycles. The first-order valence-corrected chi connectivity index (χ1v) is 12.5. The topological polar surface area (TPSA) is 96.6 Å². The highest BCUT2D eigenvalue weighted by Crippen LogP contribution is 2.55. The van der Waals surface area contributed by atoms with Crippen LogP contribution in [0.4, 0.5) is 11.5 Å². The second kappa shape index (κ2) is 7.60. The number of rotatable bonds is 2. The average molecular weight is 452 g/mol. The van der Waals surface area contributed by atoms with Gasteiger partial charge in [-0.2, -0.15) is 5.10 Å². The number of hydrogen-bond donors (Lipinski definition) is 2. The van der Waals surface area contributed by atoms with Crippen molar-refractivity contribution >= 4 is 22.7 Å². The molecule has 7 heteroatoms. The molecule has 1 aromatic carbocycles. The Morgan fingerprint density at radius 1 is 1.06 bits per heavy atom. The van der Waals surface area contributed by atoms with Crippen LogP contribution in [0.3, 0.4) is 0 Å². The van der Waals surface area contributed by atoms with Crippen LogP contribution in [0.25, 0.3) is 11.2 Å². The minimum Gasteiger partial charge on any atom is -0.323 e. The molecule has 7 rings (SSSR count). The molecule has 2 aliphatic carbocycles. The van der Waals surface area contributed by atoms with Crippen molar-refractivity contribution < 1.29 is 0 Å². The zero-order valence-electron chi connectivity index (χ0n) is 19.2. The molecule has 1 saturated carbocycles. The largest absolute Gasteiger partial charge is 0.323 e. The lowest BCUT2D eigenvalue weighted by molar-refractivity contribution is 0.148. The molecule has 4 heterocycles. The zero-order chi connectivity index (χ0) is 22.7. The van der Waals surface area contributed by atoms with E-state index in [-0.39, 0.29) is 11.5 Å². The monoisotopic (exact) mass is 451 g/mol. The number of aryl methyl sites for hydroxylation is 1. The van der Waals surface area contributed by atoms with E-state index in [0.29, 0.717) is 5.92 Å². The third-order valence-electron chi connectivity index (χ3n) is 8.47. The first-order chi connectivity index (χ1) is 16.7. The van der Waals surface area contributed by atoms with Crippen molar-refractivity contribution in [3.63, 3.8) is 0 Å². The van der Waals surface area contributed by atoms with Gasteiger partial charge in [0, 0.05) is 30.9 Å². The molecule has 34 heavy (non-hydrogen) atoms. The van der Waals surface area contributed by atoms with Gasteiger partial charge in [0.25, 0.3) is 0 Å². The Morgan fingerprint density at radius 3 is 2.82 bits per heavy atom. The summed E-state index contributed by atoms with van der Waals surface area (Å²) in [7, 11) is 0. The van der Waals surface area contributed by atoms with Crippen molar-refractivity contribution in [2.24, 2.45) is 11.1 Å². The van der Waals surface area contributed by atoms with E-state index in [9.17, 15) is 0 Å². The summed E-state index contributed by atoms with van der Waals surface area (Å²) < 4.78 is 0. The maximum absolute atomic E-state index is 6.77. The second-order valence-electron chi connectivity index (χ2n) is 10.3. The molecule has 172 valence electrons. The van der Waals surface area contributed by atoms with E-state index in [0.717, 1.165) is 85.5 Å². The molecule has 0 unspecified atom stereocenters. The van der Waals surface area contributed by atoms with Crippen molar-refractivity contribution in [2.75, 3.05) is 11.4 Å². The van der Waals surface area contributed by atoms with Gasteiger partial charge in [-0.15, -0.1) is 0 Å². The van der Waals surface area contributed by atoms with E-state index in [4.69, 9.17) is 15.7 Å². The summed E-state index contributed by atoms with van der Waals surface area (Å²) in [5, 5.41) is 7.78. The van der Waals surface area contributed by atoms with Gasteiger partial charge in [-0.3, -0.25) is 10.1 Å². The highest BCUT2D eigenvalue weighted by Gasteiger charge is 2.46. The van der Waals surface area contributed by atoms with Crippen LogP contribution in [0.15, 0.2) is 48.8 Å². The van der Waals surface area contributed by atoms with Crippen LogP contribution in [-0.2, 0) is 12.8 Å². The Bertz CT molecular complexity index is 1370. The standard InChI is InChI=1S/C27H29N7/c28-24-19-6-2-1-5-18(19)15-27(24)11-9-17(10-12-27)21-16-30-23-25(31-21)32-33-26(23)34-14-4-7-20-22(34)8-3-13-29-20/h1-3,5-6,8,13,16-17,24H,4,7,9-12,14-15,28H2,(H,31,32,33)/t17-,24-,27+/m0/s1. The van der Waals surface area contributed by atoms with Crippen LogP contribution < -0.4 is 10.6 Å². The van der Waals surface area contributed by atoms with Gasteiger partial charge in [0.15, 0.2) is 17.0 Å². The van der Waals surface area contributed by atoms with E-state index < -0.39 is 0 Å². The normalized spacial score (nSPS) is 26.1. The maximum Gasteiger partial charge on any atom is 0.183 e. The fraction of sp³-hybridized carbons (Fsp3) is 0.407. The number of H-pyrrole nitrogens is 1. The third-order valence-corrected chi connectivity index (χ3v) is 8.47. The third kappa shape index (κ3) is 2.99. The minimum absolute atomic E-state index is 0.148. The molecule has 3 aromatic heterocycles. The van der Waals surface area contributed by atoms with E-state index in [1.807, 2.05) is 18.5 Å². The Balaban J connectivity index is 1.13. The zero-order valence-corrected chi connectivity index (χ0v) is 19.2. The highest BCUT2D eigenvalue weighted by atomic mass is 15.3. The number of nitrogens with two attached hydrogens (primary N) is 1. The summed E-state index contributed by atoms with van der Waals surface area (Å²) in [5.41, 5.74) is 14.7. The predicted octanol–water partition coefficient (Wildman–Crippen LogP) is 4.73. The number of hydrogen-bond acceptors (Lipinski definition) is 6. The van der Waals surface area contributed by atoms with Crippen LogP contribution in [-0.4, -0.2) is 31.7 Å². The van der Waals surface area contributed by atoms with Crippen LogP contribution in [0.2, 0.25) is 0 Å². The van der Waals surface area contributed by atoms with Gasteiger partial charge in [0.2, 0.25) is 0 Å². The molecule has 1 fully saturated rings. The van der Waals surface area contributed by atoms with E-state index in [1.54, 1.807) is 0 Å². The first kappa shape index (κ1) is 20.1. The fourth-order valence-electron chi connectivity index (χ4n) is 6.59. The Labute approximate surface area is 198 Å². The summed E-state index contributed by atoms with van der Waals surface area (Å²) in [6.45, 7) is 0.912. The lowest BCUT2D eigenvalue weighted by Gasteiger charge is -2.40. The van der Waals surface area contributed by atoms with Crippen molar-refractivity contribution in [2.45, 2.75) is 56.9 Å². The predicted molar refractivity (Wildman–Crippen MR) is 132 cm³/mol. The smallest absolute Gasteiger partial charge is 0.183 e. The Hall–Kier alpha value is -3.32. The number of aromatic amines is 1. The van der Waals surface area contributed by atoms with Crippen LogP contribution >= 0.6 is 0 Å². The van der Waals surface area contributed by atoms with Gasteiger partial charge < -0.3 is 10.6 Å². The molecule has 0 radical (unpaired) electrons. The minimum atomic E-state index is 0.148. The molecule has 3 aliphatic rings. The highest BCUT2D eigenvalue weighted by molar-refractivity contribution is 5.86. The molecule has 3 N–H and O–H groups in total. The molecule has 1 spiro atoms. The van der Waals surface area contributed by atoms with E-state index in [2.05, 4.69) is 50.4 Å². The Morgan fingerprint density at radius 2 is 1.94 bits per heavy atom. The molecular formula is C27H29N7. The summed E-state index contributed by atoms with van der Waals surface area (Å²) in [6.07, 6.45) is 11.5. The lowest BCUT2D eigenvalue weighted by Crippen LogP contribution is -2.35.